The van der Waals surface area contributed by atoms with E-state index in [4.69, 9.17) is 33.8 Å². The van der Waals surface area contributed by atoms with Crippen LogP contribution in [0.4, 0.5) is 17.5 Å². The number of benzene rings is 2. The first-order valence-electron chi connectivity index (χ1n) is 10.6. The molecule has 4 rings (SSSR count). The minimum Gasteiger partial charge on any atom is -0.362 e. The monoisotopic (exact) mass is 532 g/mol. The molecular weight excluding hydrogens is 508 g/mol. The molecule has 0 unspecified atom stereocenters. The molecule has 6 nitrogen and oxygen atoms in total. The lowest BCUT2D eigenvalue weighted by atomic mass is 9.91. The van der Waals surface area contributed by atoms with E-state index in [2.05, 4.69) is 37.9 Å². The van der Waals surface area contributed by atoms with Crippen LogP contribution in [0.15, 0.2) is 46.9 Å². The highest BCUT2D eigenvalue weighted by Crippen LogP contribution is 2.27. The van der Waals surface area contributed by atoms with E-state index in [1.54, 1.807) is 0 Å². The van der Waals surface area contributed by atoms with Crippen LogP contribution in [0, 0.1) is 0 Å². The third-order valence-corrected chi connectivity index (χ3v) is 6.61. The molecule has 0 amide bonds. The molecule has 9 heteroatoms. The first-order chi connectivity index (χ1) is 15.4. The molecule has 1 saturated carbocycles. The zero-order valence-electron chi connectivity index (χ0n) is 18.0. The van der Waals surface area contributed by atoms with Gasteiger partial charge in [-0.1, -0.05) is 39.7 Å². The summed E-state index contributed by atoms with van der Waals surface area (Å²) in [6, 6.07) is 14.5. The zero-order valence-corrected chi connectivity index (χ0v) is 21.2. The molecule has 1 aromatic heterocycles. The van der Waals surface area contributed by atoms with Crippen LogP contribution in [0.2, 0.25) is 5.02 Å². The fourth-order valence-corrected chi connectivity index (χ4v) is 4.96. The Balaban J connectivity index is 1.32. The van der Waals surface area contributed by atoms with Gasteiger partial charge in [-0.2, -0.15) is 4.98 Å². The number of nitrogens with one attached hydrogen (secondary N) is 3. The molecule has 0 aliphatic heterocycles. The minimum absolute atomic E-state index is 0.331. The molecule has 3 N–H and O–H groups in total. The summed E-state index contributed by atoms with van der Waals surface area (Å²) < 4.78 is 0.936. The lowest BCUT2D eigenvalue weighted by Crippen LogP contribution is -2.42. The van der Waals surface area contributed by atoms with Crippen molar-refractivity contribution in [1.82, 2.24) is 15.3 Å². The number of anilines is 3. The van der Waals surface area contributed by atoms with Gasteiger partial charge in [0.05, 0.1) is 16.2 Å². The Labute approximate surface area is 207 Å². The average Bonchev–Trinajstić information content (AvgIpc) is 2.76. The van der Waals surface area contributed by atoms with Gasteiger partial charge in [-0.3, -0.25) is 0 Å². The van der Waals surface area contributed by atoms with Crippen LogP contribution in [0.25, 0.3) is 10.9 Å². The number of nitrogens with zero attached hydrogens (tertiary/aromatic N) is 3. The summed E-state index contributed by atoms with van der Waals surface area (Å²) in [5.41, 5.74) is 1.75. The second-order valence-corrected chi connectivity index (χ2v) is 9.93. The highest BCUT2D eigenvalue weighted by Gasteiger charge is 2.23. The van der Waals surface area contributed by atoms with Gasteiger partial charge in [-0.05, 0) is 68.2 Å². The Bertz CT molecular complexity index is 1120. The van der Waals surface area contributed by atoms with Gasteiger partial charge < -0.3 is 20.9 Å². The molecule has 32 heavy (non-hydrogen) atoms. The van der Waals surface area contributed by atoms with Gasteiger partial charge in [-0.15, -0.1) is 0 Å². The van der Waals surface area contributed by atoms with E-state index in [1.165, 1.54) is 0 Å². The highest BCUT2D eigenvalue weighted by atomic mass is 79.9. The molecule has 1 aliphatic carbocycles. The second kappa shape index (κ2) is 10.2. The maximum Gasteiger partial charge on any atom is 0.225 e. The Kier molecular flexibility index (Phi) is 7.33. The van der Waals surface area contributed by atoms with Crippen LogP contribution in [-0.2, 0) is 0 Å². The highest BCUT2D eigenvalue weighted by molar-refractivity contribution is 9.10. The quantitative estimate of drug-likeness (QED) is 0.357. The standard InChI is InChI=1S/C23H26BrClN6S/c1-31(2)21-17-5-3-4-6-19(17)28-22(30-21)26-15-8-10-16(11-9-15)27-23(32)29-20-12-7-14(24)13-18(20)25/h3-7,12-13,15-16H,8-11H2,1-2H3,(H,26,28,30)(H2,27,29,32). The molecular formula is C23H26BrClN6S. The van der Waals surface area contributed by atoms with Crippen LogP contribution < -0.4 is 20.9 Å². The largest absolute Gasteiger partial charge is 0.362 e. The summed E-state index contributed by atoms with van der Waals surface area (Å²) in [6.45, 7) is 0. The topological polar surface area (TPSA) is 65.1 Å². The maximum absolute atomic E-state index is 6.28. The van der Waals surface area contributed by atoms with Crippen LogP contribution in [0.5, 0.6) is 0 Å². The molecule has 2 aromatic carbocycles. The number of fused-ring (bicyclic) bond motifs is 1. The van der Waals surface area contributed by atoms with E-state index in [0.29, 0.717) is 28.2 Å². The van der Waals surface area contributed by atoms with Gasteiger partial charge in [-0.25, -0.2) is 4.98 Å². The Morgan fingerprint density at radius 1 is 1.06 bits per heavy atom. The second-order valence-electron chi connectivity index (χ2n) is 8.20. The number of aromatic nitrogens is 2. The third kappa shape index (κ3) is 5.60. The summed E-state index contributed by atoms with van der Waals surface area (Å²) in [6.07, 6.45) is 4.07. The third-order valence-electron chi connectivity index (χ3n) is 5.58. The van der Waals surface area contributed by atoms with E-state index < -0.39 is 0 Å². The van der Waals surface area contributed by atoms with Gasteiger partial charge in [0.15, 0.2) is 5.11 Å². The van der Waals surface area contributed by atoms with Crippen molar-refractivity contribution >= 4 is 73.2 Å². The fourth-order valence-electron chi connectivity index (χ4n) is 3.96. The fraction of sp³-hybridized carbons (Fsp3) is 0.348. The molecule has 3 aromatic rings. The van der Waals surface area contributed by atoms with Gasteiger partial charge in [0.25, 0.3) is 0 Å². The predicted octanol–water partition coefficient (Wildman–Crippen LogP) is 5.82. The van der Waals surface area contributed by atoms with Crippen molar-refractivity contribution in [1.29, 1.82) is 0 Å². The van der Waals surface area contributed by atoms with Gasteiger partial charge >= 0.3 is 0 Å². The van der Waals surface area contributed by atoms with Crippen molar-refractivity contribution in [2.24, 2.45) is 0 Å². The summed E-state index contributed by atoms with van der Waals surface area (Å²) in [7, 11) is 4.02. The van der Waals surface area contributed by atoms with Crippen molar-refractivity contribution in [3.63, 3.8) is 0 Å². The first kappa shape index (κ1) is 23.0. The molecule has 1 aliphatic rings. The normalized spacial score (nSPS) is 18.2. The minimum atomic E-state index is 0.331. The molecule has 1 heterocycles. The smallest absolute Gasteiger partial charge is 0.225 e. The number of para-hydroxylation sites is 1. The van der Waals surface area contributed by atoms with Crippen LogP contribution in [-0.4, -0.2) is 41.3 Å². The SMILES string of the molecule is CN(C)c1nc(NC2CCC(NC(=S)Nc3ccc(Br)cc3Cl)CC2)nc2ccccc12. The molecule has 1 fully saturated rings. The summed E-state index contributed by atoms with van der Waals surface area (Å²) >= 11 is 15.2. The number of halogens is 2. The first-order valence-corrected chi connectivity index (χ1v) is 12.2. The van der Waals surface area contributed by atoms with Crippen molar-refractivity contribution < 1.29 is 0 Å². The molecule has 0 atom stereocenters. The van der Waals surface area contributed by atoms with E-state index in [-0.39, 0.29) is 0 Å². The van der Waals surface area contributed by atoms with E-state index in [0.717, 1.165) is 52.6 Å². The summed E-state index contributed by atoms with van der Waals surface area (Å²) in [5.74, 6) is 1.61. The molecule has 0 bridgehead atoms. The van der Waals surface area contributed by atoms with Gasteiger partial charge in [0, 0.05) is 36.0 Å². The molecule has 0 radical (unpaired) electrons. The number of hydrogen-bond donors (Lipinski definition) is 3. The average molecular weight is 534 g/mol. The van der Waals surface area contributed by atoms with Gasteiger partial charge in [0.1, 0.15) is 5.82 Å². The molecule has 0 saturated heterocycles. The van der Waals surface area contributed by atoms with Crippen molar-refractivity contribution in [3.05, 3.63) is 52.0 Å². The van der Waals surface area contributed by atoms with E-state index in [1.807, 2.05) is 55.4 Å². The number of rotatable bonds is 5. The summed E-state index contributed by atoms with van der Waals surface area (Å²) in [4.78, 5) is 11.5. The Morgan fingerprint density at radius 3 is 2.50 bits per heavy atom. The Morgan fingerprint density at radius 2 is 1.78 bits per heavy atom. The van der Waals surface area contributed by atoms with E-state index >= 15 is 0 Å². The van der Waals surface area contributed by atoms with Crippen LogP contribution in [0.3, 0.4) is 0 Å². The van der Waals surface area contributed by atoms with Crippen molar-refractivity contribution in [2.75, 3.05) is 29.6 Å². The van der Waals surface area contributed by atoms with E-state index in [9.17, 15) is 0 Å². The Hall–Kier alpha value is -2.16. The van der Waals surface area contributed by atoms with Crippen molar-refractivity contribution in [2.45, 2.75) is 37.8 Å². The summed E-state index contributed by atoms with van der Waals surface area (Å²) in [5, 5.41) is 12.5. The number of hydrogen-bond acceptors (Lipinski definition) is 5. The lowest BCUT2D eigenvalue weighted by molar-refractivity contribution is 0.387. The predicted molar refractivity (Wildman–Crippen MR) is 142 cm³/mol. The van der Waals surface area contributed by atoms with Crippen LogP contribution >= 0.6 is 39.7 Å². The maximum atomic E-state index is 6.28. The molecule has 0 spiro atoms. The zero-order chi connectivity index (χ0) is 22.7. The molecule has 168 valence electrons. The van der Waals surface area contributed by atoms with Crippen LogP contribution in [0.1, 0.15) is 25.7 Å². The van der Waals surface area contributed by atoms with Crippen molar-refractivity contribution in [3.8, 4) is 0 Å². The van der Waals surface area contributed by atoms with Gasteiger partial charge in [0.2, 0.25) is 5.95 Å². The lowest BCUT2D eigenvalue weighted by Gasteiger charge is -2.30. The number of thiocarbonyl (C=S) groups is 1.